The Labute approximate surface area is 123 Å². The van der Waals surface area contributed by atoms with Crippen LogP contribution in [0.2, 0.25) is 0 Å². The fraction of sp³-hybridized carbons (Fsp3) is 0.500. The van der Waals surface area contributed by atoms with Crippen LogP contribution in [-0.2, 0) is 9.59 Å². The molecule has 0 bridgehead atoms. The molecule has 0 fully saturated rings. The van der Waals surface area contributed by atoms with E-state index in [1.54, 1.807) is 12.2 Å². The van der Waals surface area contributed by atoms with Crippen molar-refractivity contribution < 1.29 is 19.8 Å². The van der Waals surface area contributed by atoms with Gasteiger partial charge in [0.2, 0.25) is 0 Å². The molecule has 0 saturated heterocycles. The number of rotatable bonds is 9. The first-order valence-electron chi connectivity index (χ1n) is 5.49. The second-order valence-corrected chi connectivity index (χ2v) is 4.74. The summed E-state index contributed by atoms with van der Waals surface area (Å²) in [5.74, 6) is -1.81. The summed E-state index contributed by atoms with van der Waals surface area (Å²) >= 11 is 6.23. The summed E-state index contributed by atoms with van der Waals surface area (Å²) in [6.45, 7) is 0. The Morgan fingerprint density at radius 2 is 1.17 bits per heavy atom. The number of carbonyl (C=O) groups is 2. The number of halogens is 2. The van der Waals surface area contributed by atoms with Gasteiger partial charge in [0, 0.05) is 21.8 Å². The Balaban J connectivity index is 3.94. The lowest BCUT2D eigenvalue weighted by atomic mass is 10.1. The molecule has 0 aromatic carbocycles. The minimum atomic E-state index is -0.903. The maximum atomic E-state index is 10.7. The summed E-state index contributed by atoms with van der Waals surface area (Å²) in [5, 5.41) is 18.2. The zero-order valence-corrected chi connectivity index (χ0v) is 13.0. The fourth-order valence-corrected chi connectivity index (χ4v) is 2.18. The van der Waals surface area contributed by atoms with Crippen LogP contribution in [0.3, 0.4) is 0 Å². The van der Waals surface area contributed by atoms with E-state index in [-0.39, 0.29) is 0 Å². The third-order valence-electron chi connectivity index (χ3n) is 2.28. The number of carboxylic acid groups (broad SMARTS) is 2. The molecular weight excluding hydrogens is 368 g/mol. The lowest BCUT2D eigenvalue weighted by Crippen LogP contribution is -2.01. The molecule has 4 nitrogen and oxygen atoms in total. The molecule has 2 N–H and O–H groups in total. The third kappa shape index (κ3) is 7.66. The quantitative estimate of drug-likeness (QED) is 0.363. The van der Waals surface area contributed by atoms with Gasteiger partial charge < -0.3 is 10.2 Å². The molecule has 0 unspecified atom stereocenters. The van der Waals surface area contributed by atoms with E-state index in [1.165, 1.54) is 0 Å². The summed E-state index contributed by atoms with van der Waals surface area (Å²) in [4.78, 5) is 21.4. The maximum absolute atomic E-state index is 10.7. The van der Waals surface area contributed by atoms with Crippen LogP contribution in [0.4, 0.5) is 0 Å². The molecule has 102 valence electrons. The van der Waals surface area contributed by atoms with Crippen molar-refractivity contribution in [1.29, 1.82) is 0 Å². The molecule has 0 amide bonds. The van der Waals surface area contributed by atoms with E-state index in [0.29, 0.717) is 34.6 Å². The number of carboxylic acids is 2. The summed E-state index contributed by atoms with van der Waals surface area (Å²) in [5.41, 5.74) is 0.717. The summed E-state index contributed by atoms with van der Waals surface area (Å²) in [7, 11) is 0. The number of alkyl halides is 2. The molecule has 18 heavy (non-hydrogen) atoms. The van der Waals surface area contributed by atoms with Gasteiger partial charge in [0.1, 0.15) is 0 Å². The van der Waals surface area contributed by atoms with Crippen molar-refractivity contribution in [1.82, 2.24) is 0 Å². The first-order chi connectivity index (χ1) is 8.52. The topological polar surface area (TPSA) is 74.6 Å². The molecule has 0 aromatic heterocycles. The molecule has 0 aliphatic rings. The highest BCUT2D eigenvalue weighted by molar-refractivity contribution is 9.09. The lowest BCUT2D eigenvalue weighted by molar-refractivity contribution is -0.133. The minimum absolute atomic E-state index is 0.342. The second-order valence-electron chi connectivity index (χ2n) is 3.62. The van der Waals surface area contributed by atoms with Crippen LogP contribution in [0.15, 0.2) is 23.3 Å². The van der Waals surface area contributed by atoms with Crippen LogP contribution in [0.5, 0.6) is 0 Å². The highest BCUT2D eigenvalue weighted by Gasteiger charge is 2.04. The third-order valence-corrected chi connectivity index (χ3v) is 3.49. The first kappa shape index (κ1) is 17.4. The largest absolute Gasteiger partial charge is 0.478 e. The van der Waals surface area contributed by atoms with E-state index in [9.17, 15) is 9.59 Å². The number of hydrogen-bond donors (Lipinski definition) is 2. The van der Waals surface area contributed by atoms with E-state index in [2.05, 4.69) is 31.9 Å². The Kier molecular flexibility index (Phi) is 9.96. The number of allylic oxidation sites excluding steroid dienone is 2. The van der Waals surface area contributed by atoms with Gasteiger partial charge >= 0.3 is 11.9 Å². The fourth-order valence-electron chi connectivity index (χ4n) is 1.24. The van der Waals surface area contributed by atoms with Crippen LogP contribution < -0.4 is 0 Å². The average molecular weight is 384 g/mol. The van der Waals surface area contributed by atoms with Crippen molar-refractivity contribution >= 4 is 43.8 Å². The van der Waals surface area contributed by atoms with Crippen molar-refractivity contribution in [3.63, 3.8) is 0 Å². The zero-order valence-electron chi connectivity index (χ0n) is 9.86. The van der Waals surface area contributed by atoms with Crippen LogP contribution in [0, 0.1) is 0 Å². The van der Waals surface area contributed by atoms with E-state index in [4.69, 9.17) is 10.2 Å². The van der Waals surface area contributed by atoms with Gasteiger partial charge in [-0.05, 0) is 25.7 Å². The van der Waals surface area contributed by atoms with E-state index in [0.717, 1.165) is 12.8 Å². The van der Waals surface area contributed by atoms with Crippen molar-refractivity contribution in [2.45, 2.75) is 25.7 Å². The Morgan fingerprint density at radius 1 is 0.833 bits per heavy atom. The van der Waals surface area contributed by atoms with Gasteiger partial charge in [0.25, 0.3) is 0 Å². The predicted octanol–water partition coefficient (Wildman–Crippen LogP) is 3.36. The Morgan fingerprint density at radius 3 is 1.39 bits per heavy atom. The van der Waals surface area contributed by atoms with Gasteiger partial charge in [-0.1, -0.05) is 44.0 Å². The predicted molar refractivity (Wildman–Crippen MR) is 77.5 cm³/mol. The Hall–Kier alpha value is -0.620. The molecule has 0 radical (unpaired) electrons. The van der Waals surface area contributed by atoms with Gasteiger partial charge in [-0.3, -0.25) is 0 Å². The number of unbranched alkanes of at least 4 members (excludes halogenated alkanes) is 3. The molecule has 0 aromatic rings. The van der Waals surface area contributed by atoms with E-state index in [1.807, 2.05) is 0 Å². The van der Waals surface area contributed by atoms with Gasteiger partial charge in [0.05, 0.1) is 0 Å². The van der Waals surface area contributed by atoms with Crippen molar-refractivity contribution in [2.24, 2.45) is 0 Å². The monoisotopic (exact) mass is 382 g/mol. The van der Waals surface area contributed by atoms with Gasteiger partial charge in [-0.25, -0.2) is 9.59 Å². The highest BCUT2D eigenvalue weighted by Crippen LogP contribution is 2.09. The zero-order chi connectivity index (χ0) is 14.0. The molecule has 0 heterocycles. The standard InChI is InChI=1S/C12H16Br2O4/c13-7-9(11(15)16)5-3-1-2-4-6-10(8-14)12(17)18/h5-6H,1-4,7-8H2,(H,15,16)(H,17,18). The maximum Gasteiger partial charge on any atom is 0.332 e. The van der Waals surface area contributed by atoms with Crippen LogP contribution in [0.1, 0.15) is 25.7 Å². The number of aliphatic carboxylic acids is 2. The highest BCUT2D eigenvalue weighted by atomic mass is 79.9. The van der Waals surface area contributed by atoms with Crippen molar-refractivity contribution in [3.05, 3.63) is 23.3 Å². The summed E-state index contributed by atoms with van der Waals surface area (Å²) < 4.78 is 0. The SMILES string of the molecule is O=C(O)C(=CCCCCC=C(CBr)C(=O)O)CBr. The van der Waals surface area contributed by atoms with Crippen LogP contribution in [0.25, 0.3) is 0 Å². The van der Waals surface area contributed by atoms with Crippen LogP contribution >= 0.6 is 31.9 Å². The van der Waals surface area contributed by atoms with Crippen molar-refractivity contribution in [2.75, 3.05) is 10.7 Å². The molecule has 0 aliphatic heterocycles. The normalized spacial score (nSPS) is 12.6. The summed E-state index contributed by atoms with van der Waals surface area (Å²) in [6.07, 6.45) is 6.47. The Bertz CT molecular complexity index is 314. The molecule has 0 atom stereocenters. The minimum Gasteiger partial charge on any atom is -0.478 e. The van der Waals surface area contributed by atoms with Gasteiger partial charge in [-0.15, -0.1) is 0 Å². The van der Waals surface area contributed by atoms with Gasteiger partial charge in [0.15, 0.2) is 0 Å². The molecule has 0 aliphatic carbocycles. The smallest absolute Gasteiger partial charge is 0.332 e. The van der Waals surface area contributed by atoms with Crippen molar-refractivity contribution in [3.8, 4) is 0 Å². The summed E-state index contributed by atoms with van der Waals surface area (Å²) in [6, 6.07) is 0. The average Bonchev–Trinajstić information content (AvgIpc) is 2.32. The first-order valence-corrected chi connectivity index (χ1v) is 7.73. The molecule has 0 spiro atoms. The van der Waals surface area contributed by atoms with E-state index < -0.39 is 11.9 Å². The second kappa shape index (κ2) is 10.3. The number of hydrogen-bond acceptors (Lipinski definition) is 2. The molecule has 0 rings (SSSR count). The molecular formula is C12H16Br2O4. The van der Waals surface area contributed by atoms with E-state index >= 15 is 0 Å². The molecule has 0 saturated carbocycles. The lowest BCUT2D eigenvalue weighted by Gasteiger charge is -1.99. The van der Waals surface area contributed by atoms with Crippen LogP contribution in [-0.4, -0.2) is 32.8 Å². The van der Waals surface area contributed by atoms with Gasteiger partial charge in [-0.2, -0.15) is 0 Å². The molecule has 6 heteroatoms.